The van der Waals surface area contributed by atoms with E-state index in [9.17, 15) is 5.11 Å². The van der Waals surface area contributed by atoms with E-state index in [2.05, 4.69) is 31.9 Å². The first-order valence-corrected chi connectivity index (χ1v) is 7.31. The summed E-state index contributed by atoms with van der Waals surface area (Å²) in [5.74, 6) is 0.901. The summed E-state index contributed by atoms with van der Waals surface area (Å²) in [7, 11) is 2.07. The number of aliphatic hydroxyl groups is 1. The lowest BCUT2D eigenvalue weighted by atomic mass is 9.95. The zero-order valence-corrected chi connectivity index (χ0v) is 12.2. The lowest BCUT2D eigenvalue weighted by Gasteiger charge is -2.37. The van der Waals surface area contributed by atoms with E-state index in [0.717, 1.165) is 30.7 Å². The summed E-state index contributed by atoms with van der Waals surface area (Å²) in [4.78, 5) is 2.22. The van der Waals surface area contributed by atoms with Gasteiger partial charge in [-0.2, -0.15) is 0 Å². The number of unbranched alkanes of at least 4 members (excludes halogenated alkanes) is 1. The fraction of sp³-hybridized carbons (Fsp3) is 0.625. The van der Waals surface area contributed by atoms with Crippen LogP contribution in [0.25, 0.3) is 0 Å². The van der Waals surface area contributed by atoms with Gasteiger partial charge in [0.05, 0.1) is 6.04 Å². The van der Waals surface area contributed by atoms with Crippen molar-refractivity contribution in [2.24, 2.45) is 0 Å². The van der Waals surface area contributed by atoms with Crippen molar-refractivity contribution in [3.05, 3.63) is 29.3 Å². The number of hydrogen-bond acceptors (Lipinski definition) is 3. The molecule has 1 heterocycles. The van der Waals surface area contributed by atoms with E-state index >= 15 is 0 Å². The maximum absolute atomic E-state index is 10.6. The molecular formula is C16H25NO2. The van der Waals surface area contributed by atoms with Crippen molar-refractivity contribution in [3.8, 4) is 5.75 Å². The van der Waals surface area contributed by atoms with E-state index in [1.165, 1.54) is 12.0 Å². The van der Waals surface area contributed by atoms with E-state index in [1.807, 2.05) is 12.1 Å². The molecule has 0 saturated heterocycles. The van der Waals surface area contributed by atoms with Crippen molar-refractivity contribution in [2.75, 3.05) is 20.2 Å². The first-order chi connectivity index (χ1) is 9.19. The van der Waals surface area contributed by atoms with Gasteiger partial charge in [-0.05, 0) is 32.0 Å². The van der Waals surface area contributed by atoms with Gasteiger partial charge in [-0.3, -0.25) is 4.90 Å². The molecule has 3 heteroatoms. The van der Waals surface area contributed by atoms with Crippen molar-refractivity contribution >= 4 is 0 Å². The molecule has 0 saturated carbocycles. The summed E-state index contributed by atoms with van der Waals surface area (Å²) in [6.07, 6.45) is 2.82. The number of nitrogens with zero attached hydrogens (tertiary/aromatic N) is 1. The number of ether oxygens (including phenoxy) is 1. The molecule has 2 rings (SSSR count). The van der Waals surface area contributed by atoms with Crippen LogP contribution in [-0.2, 0) is 6.42 Å². The summed E-state index contributed by atoms with van der Waals surface area (Å²) in [5, 5.41) is 10.6. The highest BCUT2D eigenvalue weighted by Crippen LogP contribution is 2.36. The quantitative estimate of drug-likeness (QED) is 0.886. The van der Waals surface area contributed by atoms with Gasteiger partial charge in [0, 0.05) is 5.56 Å². The Morgan fingerprint density at radius 2 is 2.16 bits per heavy atom. The highest BCUT2D eigenvalue weighted by Gasteiger charge is 2.32. The second-order valence-corrected chi connectivity index (χ2v) is 5.35. The predicted octanol–water partition coefficient (Wildman–Crippen LogP) is 2.78. The number of aryl methyl sites for hydroxylation is 1. The van der Waals surface area contributed by atoms with Crippen molar-refractivity contribution in [1.82, 2.24) is 4.90 Å². The molecule has 0 aromatic heterocycles. The maximum atomic E-state index is 10.6. The summed E-state index contributed by atoms with van der Waals surface area (Å²) in [6, 6.07) is 6.13. The van der Waals surface area contributed by atoms with Gasteiger partial charge in [0.1, 0.15) is 18.5 Å². The Morgan fingerprint density at radius 1 is 1.37 bits per heavy atom. The van der Waals surface area contributed by atoms with Crippen molar-refractivity contribution < 1.29 is 9.84 Å². The molecule has 3 nitrogen and oxygen atoms in total. The Morgan fingerprint density at radius 3 is 2.84 bits per heavy atom. The highest BCUT2D eigenvalue weighted by atomic mass is 16.5. The van der Waals surface area contributed by atoms with Gasteiger partial charge < -0.3 is 9.84 Å². The molecule has 1 aromatic carbocycles. The van der Waals surface area contributed by atoms with Crippen LogP contribution in [0.2, 0.25) is 0 Å². The number of hydrogen-bond donors (Lipinski definition) is 1. The molecule has 2 atom stereocenters. The molecule has 0 radical (unpaired) electrons. The first kappa shape index (κ1) is 14.4. The Kier molecular flexibility index (Phi) is 4.83. The van der Waals surface area contributed by atoms with Crippen LogP contribution in [0.1, 0.15) is 43.9 Å². The zero-order chi connectivity index (χ0) is 13.8. The minimum atomic E-state index is -0.447. The molecule has 1 N–H and O–H groups in total. The first-order valence-electron chi connectivity index (χ1n) is 7.31. The standard InChI is InChI=1S/C16H25NO2/c1-4-6-10-17(3)14-11-19-16-12(5-2)8-7-9-13(16)15(14)18/h7-9,14-15,18H,4-6,10-11H2,1-3H3. The maximum Gasteiger partial charge on any atom is 0.128 e. The van der Waals surface area contributed by atoms with Crippen LogP contribution in [0.4, 0.5) is 0 Å². The second-order valence-electron chi connectivity index (χ2n) is 5.35. The molecule has 0 spiro atoms. The number of rotatable bonds is 5. The Labute approximate surface area is 116 Å². The molecule has 0 fully saturated rings. The van der Waals surface area contributed by atoms with Crippen LogP contribution in [0.15, 0.2) is 18.2 Å². The summed E-state index contributed by atoms with van der Waals surface area (Å²) >= 11 is 0. The van der Waals surface area contributed by atoms with Crippen molar-refractivity contribution in [2.45, 2.75) is 45.3 Å². The molecule has 1 aromatic rings. The number of benzene rings is 1. The minimum absolute atomic E-state index is 0.0613. The third-order valence-corrected chi connectivity index (χ3v) is 4.02. The topological polar surface area (TPSA) is 32.7 Å². The van der Waals surface area contributed by atoms with Gasteiger partial charge in [0.2, 0.25) is 0 Å². The molecule has 2 unspecified atom stereocenters. The van der Waals surface area contributed by atoms with E-state index in [4.69, 9.17) is 4.74 Å². The van der Waals surface area contributed by atoms with Gasteiger partial charge in [0.25, 0.3) is 0 Å². The highest BCUT2D eigenvalue weighted by molar-refractivity contribution is 5.44. The SMILES string of the molecule is CCCCN(C)C1COc2c(CC)cccc2C1O. The Bertz CT molecular complexity index is 419. The van der Waals surface area contributed by atoms with Crippen LogP contribution in [0, 0.1) is 0 Å². The van der Waals surface area contributed by atoms with Gasteiger partial charge in [0.15, 0.2) is 0 Å². The number of para-hydroxylation sites is 1. The normalized spacial score (nSPS) is 22.2. The molecule has 0 amide bonds. The largest absolute Gasteiger partial charge is 0.491 e. The molecule has 106 valence electrons. The molecule has 0 bridgehead atoms. The molecule has 0 aliphatic carbocycles. The van der Waals surface area contributed by atoms with E-state index in [-0.39, 0.29) is 6.04 Å². The predicted molar refractivity (Wildman–Crippen MR) is 77.6 cm³/mol. The van der Waals surface area contributed by atoms with Crippen molar-refractivity contribution in [3.63, 3.8) is 0 Å². The van der Waals surface area contributed by atoms with Gasteiger partial charge in [-0.25, -0.2) is 0 Å². The molecule has 19 heavy (non-hydrogen) atoms. The monoisotopic (exact) mass is 263 g/mol. The summed E-state index contributed by atoms with van der Waals surface area (Å²) in [6.45, 7) is 5.88. The second kappa shape index (κ2) is 6.40. The van der Waals surface area contributed by atoms with E-state index in [1.54, 1.807) is 0 Å². The van der Waals surface area contributed by atoms with Crippen LogP contribution in [-0.4, -0.2) is 36.2 Å². The van der Waals surface area contributed by atoms with Crippen molar-refractivity contribution in [1.29, 1.82) is 0 Å². The fourth-order valence-corrected chi connectivity index (χ4v) is 2.70. The molecule has 1 aliphatic heterocycles. The van der Waals surface area contributed by atoms with Gasteiger partial charge in [-0.1, -0.05) is 38.5 Å². The summed E-state index contributed by atoms with van der Waals surface area (Å²) < 4.78 is 5.93. The Hall–Kier alpha value is -1.06. The minimum Gasteiger partial charge on any atom is -0.491 e. The summed E-state index contributed by atoms with van der Waals surface area (Å²) in [5.41, 5.74) is 2.13. The zero-order valence-electron chi connectivity index (χ0n) is 12.2. The fourth-order valence-electron chi connectivity index (χ4n) is 2.70. The van der Waals surface area contributed by atoms with Crippen LogP contribution in [0.5, 0.6) is 5.75 Å². The van der Waals surface area contributed by atoms with Crippen LogP contribution in [0.3, 0.4) is 0 Å². The number of fused-ring (bicyclic) bond motifs is 1. The Balaban J connectivity index is 2.17. The van der Waals surface area contributed by atoms with Gasteiger partial charge >= 0.3 is 0 Å². The molecular weight excluding hydrogens is 238 g/mol. The van der Waals surface area contributed by atoms with Crippen LogP contribution < -0.4 is 4.74 Å². The smallest absolute Gasteiger partial charge is 0.128 e. The number of aliphatic hydroxyl groups excluding tert-OH is 1. The third kappa shape index (κ3) is 2.93. The van der Waals surface area contributed by atoms with E-state index in [0.29, 0.717) is 6.61 Å². The lowest BCUT2D eigenvalue weighted by molar-refractivity contribution is 0.0142. The van der Waals surface area contributed by atoms with Crippen LogP contribution >= 0.6 is 0 Å². The van der Waals surface area contributed by atoms with E-state index < -0.39 is 6.10 Å². The molecule has 1 aliphatic rings. The lowest BCUT2D eigenvalue weighted by Crippen LogP contribution is -2.44. The third-order valence-electron chi connectivity index (χ3n) is 4.02. The average Bonchev–Trinajstić information content (AvgIpc) is 2.44. The number of likely N-dealkylation sites (N-methyl/N-ethyl adjacent to an activating group) is 1. The van der Waals surface area contributed by atoms with Gasteiger partial charge in [-0.15, -0.1) is 0 Å². The average molecular weight is 263 g/mol.